The van der Waals surface area contributed by atoms with Gasteiger partial charge in [0.15, 0.2) is 0 Å². The van der Waals surface area contributed by atoms with E-state index in [0.29, 0.717) is 19.1 Å². The highest BCUT2D eigenvalue weighted by atomic mass is 32.2. The van der Waals surface area contributed by atoms with Crippen LogP contribution >= 0.6 is 0 Å². The van der Waals surface area contributed by atoms with E-state index < -0.39 is 10.0 Å². The van der Waals surface area contributed by atoms with E-state index in [4.69, 9.17) is 0 Å². The first kappa shape index (κ1) is 17.4. The molecule has 0 aromatic heterocycles. The summed E-state index contributed by atoms with van der Waals surface area (Å²) >= 11 is 0. The second-order valence-corrected chi connectivity index (χ2v) is 8.59. The van der Waals surface area contributed by atoms with Gasteiger partial charge in [-0.1, -0.05) is 17.7 Å². The van der Waals surface area contributed by atoms with Crippen molar-refractivity contribution in [1.82, 2.24) is 9.62 Å². The molecule has 0 saturated carbocycles. The Kier molecular flexibility index (Phi) is 5.64. The summed E-state index contributed by atoms with van der Waals surface area (Å²) in [5, 5.41) is 3.61. The van der Waals surface area contributed by atoms with Gasteiger partial charge in [-0.05, 0) is 57.2 Å². The zero-order chi connectivity index (χ0) is 16.3. The third kappa shape index (κ3) is 4.09. The lowest BCUT2D eigenvalue weighted by molar-refractivity contribution is 0.289. The topological polar surface area (TPSA) is 49.4 Å². The molecule has 22 heavy (non-hydrogen) atoms. The Hall–Kier alpha value is -0.910. The Bertz CT molecular complexity index is 595. The van der Waals surface area contributed by atoms with Crippen molar-refractivity contribution in [3.05, 3.63) is 34.4 Å². The molecule has 5 heteroatoms. The van der Waals surface area contributed by atoms with E-state index >= 15 is 0 Å². The Morgan fingerprint density at radius 1 is 1.14 bits per heavy atom. The fraction of sp³-hybridized carbons (Fsp3) is 0.647. The zero-order valence-electron chi connectivity index (χ0n) is 14.1. The minimum Gasteiger partial charge on any atom is -0.310 e. The van der Waals surface area contributed by atoms with Crippen molar-refractivity contribution in [1.29, 1.82) is 0 Å². The molecule has 0 amide bonds. The van der Waals surface area contributed by atoms with Crippen LogP contribution in [0, 0.1) is 20.8 Å². The second-order valence-electron chi connectivity index (χ2n) is 6.33. The zero-order valence-corrected chi connectivity index (χ0v) is 15.0. The maximum atomic E-state index is 11.9. The average molecular weight is 324 g/mol. The van der Waals surface area contributed by atoms with Crippen molar-refractivity contribution in [3.63, 3.8) is 0 Å². The predicted molar refractivity (Wildman–Crippen MR) is 91.5 cm³/mol. The number of benzene rings is 1. The first-order valence-corrected chi connectivity index (χ1v) is 9.72. The number of piperidine rings is 1. The van der Waals surface area contributed by atoms with Crippen LogP contribution in [0.2, 0.25) is 0 Å². The van der Waals surface area contributed by atoms with Crippen LogP contribution in [0.1, 0.15) is 42.0 Å². The van der Waals surface area contributed by atoms with Crippen molar-refractivity contribution in [2.45, 2.75) is 53.1 Å². The largest absolute Gasteiger partial charge is 0.310 e. The first-order chi connectivity index (χ1) is 10.3. The molecule has 4 nitrogen and oxygen atoms in total. The van der Waals surface area contributed by atoms with E-state index in [9.17, 15) is 8.42 Å². The summed E-state index contributed by atoms with van der Waals surface area (Å²) in [7, 11) is -3.02. The van der Waals surface area contributed by atoms with E-state index in [0.717, 1.165) is 19.4 Å². The Labute approximate surface area is 135 Å². The highest BCUT2D eigenvalue weighted by Gasteiger charge is 2.26. The number of nitrogens with one attached hydrogen (secondary N) is 1. The van der Waals surface area contributed by atoms with Crippen LogP contribution in [0.5, 0.6) is 0 Å². The van der Waals surface area contributed by atoms with E-state index in [-0.39, 0.29) is 5.75 Å². The van der Waals surface area contributed by atoms with Gasteiger partial charge in [0.25, 0.3) is 0 Å². The van der Waals surface area contributed by atoms with Gasteiger partial charge in [0.05, 0.1) is 5.75 Å². The van der Waals surface area contributed by atoms with Crippen LogP contribution in [0.4, 0.5) is 0 Å². The smallest absolute Gasteiger partial charge is 0.213 e. The van der Waals surface area contributed by atoms with E-state index in [1.807, 2.05) is 0 Å². The van der Waals surface area contributed by atoms with Crippen molar-refractivity contribution in [2.75, 3.05) is 18.8 Å². The van der Waals surface area contributed by atoms with Gasteiger partial charge in [-0.3, -0.25) is 0 Å². The van der Waals surface area contributed by atoms with Crippen LogP contribution in [0.25, 0.3) is 0 Å². The summed E-state index contributed by atoms with van der Waals surface area (Å²) in [6, 6.07) is 4.85. The normalized spacial score (nSPS) is 17.8. The minimum absolute atomic E-state index is 0.201. The van der Waals surface area contributed by atoms with E-state index in [2.05, 4.69) is 38.2 Å². The molecule has 1 aromatic rings. The summed E-state index contributed by atoms with van der Waals surface area (Å²) < 4.78 is 25.4. The van der Waals surface area contributed by atoms with Crippen molar-refractivity contribution in [3.8, 4) is 0 Å². The molecule has 1 heterocycles. The number of nitrogens with zero attached hydrogens (tertiary/aromatic N) is 1. The van der Waals surface area contributed by atoms with Crippen LogP contribution in [-0.2, 0) is 16.6 Å². The maximum Gasteiger partial charge on any atom is 0.213 e. The quantitative estimate of drug-likeness (QED) is 0.905. The first-order valence-electron chi connectivity index (χ1n) is 8.11. The Balaban J connectivity index is 1.90. The van der Waals surface area contributed by atoms with Gasteiger partial charge in [-0.25, -0.2) is 12.7 Å². The number of hydrogen-bond donors (Lipinski definition) is 1. The molecular formula is C17H28N2O2S. The van der Waals surface area contributed by atoms with Crippen molar-refractivity contribution < 1.29 is 8.42 Å². The summed E-state index contributed by atoms with van der Waals surface area (Å²) in [4.78, 5) is 0. The number of aryl methyl sites for hydroxylation is 3. The minimum atomic E-state index is -3.02. The maximum absolute atomic E-state index is 11.9. The summed E-state index contributed by atoms with van der Waals surface area (Å²) in [6.45, 7) is 10.3. The monoisotopic (exact) mass is 324 g/mol. The molecule has 0 atom stereocenters. The van der Waals surface area contributed by atoms with Crippen LogP contribution in [0.15, 0.2) is 12.1 Å². The molecule has 1 N–H and O–H groups in total. The molecular weight excluding hydrogens is 296 g/mol. The van der Waals surface area contributed by atoms with Gasteiger partial charge < -0.3 is 5.32 Å². The fourth-order valence-electron chi connectivity index (χ4n) is 3.26. The number of sulfonamides is 1. The summed E-state index contributed by atoms with van der Waals surface area (Å²) in [5.41, 5.74) is 5.33. The third-order valence-electron chi connectivity index (χ3n) is 4.62. The van der Waals surface area contributed by atoms with Gasteiger partial charge >= 0.3 is 0 Å². The molecule has 0 spiro atoms. The molecule has 124 valence electrons. The molecule has 1 aromatic carbocycles. The molecule has 1 fully saturated rings. The SMILES string of the molecule is CCS(=O)(=O)N1CCC(NCc2c(C)cc(C)cc2C)CC1. The van der Waals surface area contributed by atoms with Crippen LogP contribution in [-0.4, -0.2) is 37.6 Å². The number of hydrogen-bond acceptors (Lipinski definition) is 3. The summed E-state index contributed by atoms with van der Waals surface area (Å²) in [6.07, 6.45) is 1.78. The molecule has 1 aliphatic heterocycles. The van der Waals surface area contributed by atoms with Crippen LogP contribution in [0.3, 0.4) is 0 Å². The van der Waals surface area contributed by atoms with E-state index in [1.165, 1.54) is 22.3 Å². The Morgan fingerprint density at radius 2 is 1.68 bits per heavy atom. The standard InChI is InChI=1S/C17H28N2O2S/c1-5-22(20,21)19-8-6-16(7-9-19)18-12-17-14(3)10-13(2)11-15(17)4/h10-11,16,18H,5-9,12H2,1-4H3. The molecule has 2 rings (SSSR count). The molecule has 1 aliphatic rings. The molecule has 0 aliphatic carbocycles. The molecule has 0 radical (unpaired) electrons. The van der Waals surface area contributed by atoms with Crippen LogP contribution < -0.4 is 5.32 Å². The molecule has 1 saturated heterocycles. The van der Waals surface area contributed by atoms with Gasteiger partial charge in [-0.2, -0.15) is 0 Å². The van der Waals surface area contributed by atoms with Gasteiger partial charge in [0.1, 0.15) is 0 Å². The lowest BCUT2D eigenvalue weighted by Crippen LogP contribution is -2.45. The lowest BCUT2D eigenvalue weighted by Gasteiger charge is -2.31. The average Bonchev–Trinajstić information content (AvgIpc) is 2.46. The molecule has 0 bridgehead atoms. The summed E-state index contributed by atoms with van der Waals surface area (Å²) in [5.74, 6) is 0.201. The number of rotatable bonds is 5. The highest BCUT2D eigenvalue weighted by Crippen LogP contribution is 2.18. The van der Waals surface area contributed by atoms with E-state index in [1.54, 1.807) is 11.2 Å². The third-order valence-corrected chi connectivity index (χ3v) is 6.50. The fourth-order valence-corrected chi connectivity index (χ4v) is 4.39. The highest BCUT2D eigenvalue weighted by molar-refractivity contribution is 7.89. The second kappa shape index (κ2) is 7.11. The van der Waals surface area contributed by atoms with Gasteiger partial charge in [-0.15, -0.1) is 0 Å². The lowest BCUT2D eigenvalue weighted by atomic mass is 9.99. The van der Waals surface area contributed by atoms with Gasteiger partial charge in [0.2, 0.25) is 10.0 Å². The van der Waals surface area contributed by atoms with Crippen molar-refractivity contribution in [2.24, 2.45) is 0 Å². The predicted octanol–water partition coefficient (Wildman–Crippen LogP) is 2.52. The van der Waals surface area contributed by atoms with Gasteiger partial charge in [0, 0.05) is 25.7 Å². The Morgan fingerprint density at radius 3 is 2.18 bits per heavy atom. The van der Waals surface area contributed by atoms with Crippen molar-refractivity contribution >= 4 is 10.0 Å². The molecule has 0 unspecified atom stereocenters.